The van der Waals surface area contributed by atoms with E-state index in [2.05, 4.69) is 76.9 Å². The standard InChI is InChI=1S/C8H13NO5.C6H7NO4.C4H5ClO3.C4H5NO2.C4H9NO2.5CH4.ClH.I2/c1-3-14-8(12)5-9-6(10)4-7(11)13-2;1-11-6(10)4-3(8)2-7-5(4)9;1-8-4(7)2-3(5)6;6-3-1-4(7)5-2-3;1-2-7-4(6)3-5;;;;;;;1-2/h3-5H2,1-2H3,(H,9,10);4H,2H2,1H3,(H,7,9);2H2,1H3;1-2H2,(H,5,7);2-3,5H2,1H3;5*1H4;1H;. The highest BCUT2D eigenvalue weighted by atomic mass is 128. The lowest BCUT2D eigenvalue weighted by molar-refractivity contribution is -0.151. The minimum Gasteiger partial charge on any atom is -0.469 e. The smallest absolute Gasteiger partial charge is 0.325 e. The summed E-state index contributed by atoms with van der Waals surface area (Å²) in [5.74, 6) is -5.88. The van der Waals surface area contributed by atoms with Crippen molar-refractivity contribution in [3.63, 3.8) is 0 Å². The third-order valence-electron chi connectivity index (χ3n) is 4.55. The molecule has 0 radical (unpaired) electrons. The van der Waals surface area contributed by atoms with Crippen LogP contribution in [0.2, 0.25) is 0 Å². The van der Waals surface area contributed by atoms with Gasteiger partial charge in [0.15, 0.2) is 17.5 Å². The number of carbonyl (C=O) groups excluding carboxylic acids is 11. The summed E-state index contributed by atoms with van der Waals surface area (Å²) in [6, 6.07) is 0. The summed E-state index contributed by atoms with van der Waals surface area (Å²) < 4.78 is 21.6. The molecule has 0 aliphatic carbocycles. The summed E-state index contributed by atoms with van der Waals surface area (Å²) in [7, 11) is 3.52. The summed E-state index contributed by atoms with van der Waals surface area (Å²) in [5.41, 5.74) is 4.88. The zero-order chi connectivity index (χ0) is 38.9. The van der Waals surface area contributed by atoms with E-state index in [1.54, 1.807) is 13.8 Å². The van der Waals surface area contributed by atoms with E-state index >= 15 is 0 Å². The molecule has 328 valence electrons. The van der Waals surface area contributed by atoms with Crippen molar-refractivity contribution in [3.8, 4) is 0 Å². The fraction of sp³-hybridized carbons (Fsp3) is 0.645. The number of nitrogens with one attached hydrogen (secondary N) is 3. The lowest BCUT2D eigenvalue weighted by Gasteiger charge is -2.03. The van der Waals surface area contributed by atoms with Crippen molar-refractivity contribution < 1.29 is 76.4 Å². The Morgan fingerprint density at radius 3 is 1.45 bits per heavy atom. The number of Topliss-reactive ketones (excluding diaryl/α,β-unsaturated/α-hetero) is 2. The molecule has 0 aromatic rings. The minimum absolute atomic E-state index is 0. The van der Waals surface area contributed by atoms with Gasteiger partial charge in [-0.1, -0.05) is 37.1 Å². The molecule has 0 saturated carbocycles. The van der Waals surface area contributed by atoms with Crippen molar-refractivity contribution >= 4 is 126 Å². The molecule has 2 aliphatic heterocycles. The molecule has 0 aromatic heterocycles. The zero-order valence-electron chi connectivity index (χ0n) is 27.6. The molecule has 3 amide bonds. The van der Waals surface area contributed by atoms with Gasteiger partial charge in [0.05, 0.1) is 60.6 Å². The van der Waals surface area contributed by atoms with Crippen molar-refractivity contribution in [2.45, 2.75) is 70.2 Å². The van der Waals surface area contributed by atoms with E-state index in [0.717, 1.165) is 7.11 Å². The second-order valence-corrected chi connectivity index (χ2v) is 8.51. The van der Waals surface area contributed by atoms with Crippen LogP contribution in [0.25, 0.3) is 0 Å². The van der Waals surface area contributed by atoms with E-state index in [9.17, 15) is 52.7 Å². The third-order valence-corrected chi connectivity index (χ3v) is 4.68. The van der Waals surface area contributed by atoms with Gasteiger partial charge >= 0.3 is 29.8 Å². The van der Waals surface area contributed by atoms with Crippen molar-refractivity contribution in [2.24, 2.45) is 11.7 Å². The minimum atomic E-state index is -1.24. The highest BCUT2D eigenvalue weighted by molar-refractivity contribution is 15.0. The Morgan fingerprint density at radius 1 is 0.745 bits per heavy atom. The normalized spacial score (nSPS) is 11.8. The van der Waals surface area contributed by atoms with Gasteiger partial charge in [-0.25, -0.2) is 0 Å². The van der Waals surface area contributed by atoms with Gasteiger partial charge in [-0.05, 0) is 25.4 Å². The number of hydrogen-bond acceptors (Lipinski definition) is 17. The largest absolute Gasteiger partial charge is 0.469 e. The molecule has 2 saturated heterocycles. The Bertz CT molecular complexity index is 1120. The Hall–Kier alpha value is -3.23. The summed E-state index contributed by atoms with van der Waals surface area (Å²) >= 11 is 9.05. The number of rotatable bonds is 10. The number of methoxy groups -OCH3 is 3. The third kappa shape index (κ3) is 48.8. The second kappa shape index (κ2) is 50.8. The van der Waals surface area contributed by atoms with E-state index in [1.165, 1.54) is 14.2 Å². The topological polar surface area (TPSA) is 296 Å². The van der Waals surface area contributed by atoms with Crippen molar-refractivity contribution in [1.82, 2.24) is 16.0 Å². The van der Waals surface area contributed by atoms with E-state index < -0.39 is 59.1 Å². The maximum atomic E-state index is 10.9. The van der Waals surface area contributed by atoms with Crippen LogP contribution in [0.1, 0.15) is 70.2 Å². The molecular weight excluding hydrogens is 1010 g/mol. The predicted molar refractivity (Wildman–Crippen MR) is 225 cm³/mol. The van der Waals surface area contributed by atoms with Crippen LogP contribution in [0.4, 0.5) is 0 Å². The maximum Gasteiger partial charge on any atom is 0.325 e. The maximum absolute atomic E-state index is 10.9. The van der Waals surface area contributed by atoms with Gasteiger partial charge in [0.2, 0.25) is 23.0 Å². The monoisotopic (exact) mass is 1070 g/mol. The lowest BCUT2D eigenvalue weighted by Crippen LogP contribution is -2.32. The van der Waals surface area contributed by atoms with E-state index in [0.29, 0.717) is 6.61 Å². The molecule has 2 fully saturated rings. The molecule has 0 bridgehead atoms. The number of halogens is 4. The van der Waals surface area contributed by atoms with Gasteiger partial charge in [-0.2, -0.15) is 0 Å². The Balaban J connectivity index is -0.0000000566. The summed E-state index contributed by atoms with van der Waals surface area (Å²) in [4.78, 5) is 115. The van der Waals surface area contributed by atoms with E-state index in [4.69, 9.17) is 17.3 Å². The number of carbonyl (C=O) groups is 11. The van der Waals surface area contributed by atoms with Gasteiger partial charge in [0, 0.05) is 37.2 Å². The molecule has 1 unspecified atom stereocenters. The lowest BCUT2D eigenvalue weighted by atomic mass is 10.1. The fourth-order valence-corrected chi connectivity index (χ4v) is 2.55. The Kier molecular flexibility index (Phi) is 70.6. The van der Waals surface area contributed by atoms with Crippen molar-refractivity contribution in [2.75, 3.05) is 60.7 Å². The second-order valence-electron chi connectivity index (χ2n) is 8.08. The highest BCUT2D eigenvalue weighted by Gasteiger charge is 2.39. The number of ether oxygens (including phenoxy) is 5. The fourth-order valence-electron chi connectivity index (χ4n) is 2.44. The first-order valence-electron chi connectivity index (χ1n) is 13.4. The molecule has 0 spiro atoms. The van der Waals surface area contributed by atoms with Crippen LogP contribution in [0.3, 0.4) is 0 Å². The quantitative estimate of drug-likeness (QED) is 0.0800. The van der Waals surface area contributed by atoms with Gasteiger partial charge in [0.25, 0.3) is 0 Å². The average molecular weight is 1070 g/mol. The molecule has 2 heterocycles. The van der Waals surface area contributed by atoms with Crippen LogP contribution in [-0.4, -0.2) is 125 Å². The average Bonchev–Trinajstić information content (AvgIpc) is 3.62. The molecule has 1 atom stereocenters. The summed E-state index contributed by atoms with van der Waals surface area (Å²) in [6.45, 7) is 3.98. The molecule has 20 nitrogen and oxygen atoms in total. The first-order chi connectivity index (χ1) is 23.0. The van der Waals surface area contributed by atoms with E-state index in [1.807, 2.05) is 0 Å². The first kappa shape index (κ1) is 76.5. The molecule has 0 aromatic carbocycles. The predicted octanol–water partition coefficient (Wildman–Crippen LogP) is 1.98. The Labute approximate surface area is 358 Å². The van der Waals surface area contributed by atoms with Crippen molar-refractivity contribution in [1.29, 1.82) is 0 Å². The van der Waals surface area contributed by atoms with Crippen LogP contribution in [-0.2, 0) is 76.4 Å². The number of hydrogen-bond donors (Lipinski definition) is 4. The molecule has 5 N–H and O–H groups in total. The highest BCUT2D eigenvalue weighted by Crippen LogP contribution is 2.06. The molecule has 55 heavy (non-hydrogen) atoms. The van der Waals surface area contributed by atoms with Gasteiger partial charge in [-0.15, -0.1) is 12.4 Å². The van der Waals surface area contributed by atoms with Gasteiger partial charge in [-0.3, -0.25) is 52.7 Å². The number of ketones is 2. The Morgan fingerprint density at radius 2 is 1.20 bits per heavy atom. The van der Waals surface area contributed by atoms with Crippen LogP contribution in [0, 0.1) is 5.92 Å². The number of nitrogens with two attached hydrogens (primary N) is 1. The molecule has 24 heteroatoms. The SMILES string of the molecule is C.C.C.C.C.CCOC(=O)CN.CCOC(=O)CNC(=O)CC(=O)OC.COC(=O)C1C(=O)CNC1=O.COC(=O)CC(=O)Cl.Cl.II.O=C1CNC(=O)C1. The molecule has 2 aliphatic rings. The molecular formula is C31H60Cl2I2N4O16. The van der Waals surface area contributed by atoms with Crippen LogP contribution >= 0.6 is 61.2 Å². The van der Waals surface area contributed by atoms with Crippen LogP contribution in [0.5, 0.6) is 0 Å². The van der Waals surface area contributed by atoms with Gasteiger partial charge < -0.3 is 45.4 Å². The summed E-state index contributed by atoms with van der Waals surface area (Å²) in [5, 5.41) is 6.15. The van der Waals surface area contributed by atoms with Crippen LogP contribution in [0.15, 0.2) is 0 Å². The summed E-state index contributed by atoms with van der Waals surface area (Å²) in [6.07, 6.45) is -0.659. The molecule has 2 rings (SSSR count). The zero-order valence-corrected chi connectivity index (χ0v) is 33.5. The van der Waals surface area contributed by atoms with E-state index in [-0.39, 0.29) is 113 Å². The first-order valence-corrected chi connectivity index (χ1v) is 20.1. The van der Waals surface area contributed by atoms with Crippen LogP contribution < -0.4 is 21.7 Å². The van der Waals surface area contributed by atoms with Gasteiger partial charge in [0.1, 0.15) is 19.4 Å². The number of amides is 3. The van der Waals surface area contributed by atoms with Crippen molar-refractivity contribution in [3.05, 3.63) is 0 Å². The number of esters is 5.